The van der Waals surface area contributed by atoms with E-state index in [1.807, 2.05) is 36.4 Å². The zero-order valence-corrected chi connectivity index (χ0v) is 14.9. The van der Waals surface area contributed by atoms with Crippen LogP contribution in [-0.4, -0.2) is 17.7 Å². The lowest BCUT2D eigenvalue weighted by molar-refractivity contribution is -0.137. The first-order valence-corrected chi connectivity index (χ1v) is 9.50. The van der Waals surface area contributed by atoms with E-state index in [1.54, 1.807) is 0 Å². The first-order chi connectivity index (χ1) is 13.0. The Hall–Kier alpha value is -2.56. The summed E-state index contributed by atoms with van der Waals surface area (Å²) in [5.74, 6) is 0.470. The molecule has 27 heavy (non-hydrogen) atoms. The summed E-state index contributed by atoms with van der Waals surface area (Å²) >= 11 is 0. The van der Waals surface area contributed by atoms with Crippen LogP contribution in [0.25, 0.3) is 0 Å². The molecule has 140 valence electrons. The highest BCUT2D eigenvalue weighted by Crippen LogP contribution is 2.53. The van der Waals surface area contributed by atoms with Crippen molar-refractivity contribution in [3.63, 3.8) is 0 Å². The average molecular weight is 368 g/mol. The lowest BCUT2D eigenvalue weighted by Crippen LogP contribution is -2.07. The maximum atomic E-state index is 14.6. The molecule has 0 unspecified atom stereocenters. The van der Waals surface area contributed by atoms with E-state index in [1.165, 1.54) is 0 Å². The lowest BCUT2D eigenvalue weighted by atomic mass is 9.97. The van der Waals surface area contributed by atoms with Crippen molar-refractivity contribution in [2.45, 2.75) is 49.8 Å². The van der Waals surface area contributed by atoms with Crippen LogP contribution in [0.2, 0.25) is 0 Å². The molecule has 0 bridgehead atoms. The molecule has 0 radical (unpaired) electrons. The fourth-order valence-corrected chi connectivity index (χ4v) is 4.41. The quantitative estimate of drug-likeness (QED) is 0.834. The summed E-state index contributed by atoms with van der Waals surface area (Å²) in [5.41, 5.74) is 2.84. The van der Waals surface area contributed by atoms with Crippen LogP contribution >= 0.6 is 0 Å². The van der Waals surface area contributed by atoms with Crippen LogP contribution < -0.4 is 9.47 Å². The fourth-order valence-electron chi connectivity index (χ4n) is 4.41. The molecule has 0 amide bonds. The molecule has 0 spiro atoms. The van der Waals surface area contributed by atoms with Crippen LogP contribution in [0.1, 0.15) is 60.0 Å². The average Bonchev–Trinajstić information content (AvgIpc) is 3.09. The van der Waals surface area contributed by atoms with Gasteiger partial charge in [-0.05, 0) is 48.4 Å². The zero-order valence-electron chi connectivity index (χ0n) is 14.9. The summed E-state index contributed by atoms with van der Waals surface area (Å²) in [6, 6.07) is 11.5. The third kappa shape index (κ3) is 2.85. The number of ether oxygens (including phenoxy) is 2. The van der Waals surface area contributed by atoms with Gasteiger partial charge in [-0.3, -0.25) is 4.79 Å². The molecule has 5 rings (SSSR count). The highest BCUT2D eigenvalue weighted by molar-refractivity contribution is 5.68. The summed E-state index contributed by atoms with van der Waals surface area (Å²) < 4.78 is 26.5. The van der Waals surface area contributed by atoms with Gasteiger partial charge in [0, 0.05) is 17.5 Å². The zero-order chi connectivity index (χ0) is 18.6. The minimum atomic E-state index is -1.12. The van der Waals surface area contributed by atoms with Gasteiger partial charge in [-0.15, -0.1) is 0 Å². The van der Waals surface area contributed by atoms with Crippen molar-refractivity contribution in [3.05, 3.63) is 58.7 Å². The van der Waals surface area contributed by atoms with Crippen LogP contribution in [0.15, 0.2) is 36.4 Å². The summed E-state index contributed by atoms with van der Waals surface area (Å²) in [5, 5.41) is 9.01. The van der Waals surface area contributed by atoms with Gasteiger partial charge in [0.2, 0.25) is 0 Å². The van der Waals surface area contributed by atoms with Gasteiger partial charge in [0.25, 0.3) is 0 Å². The van der Waals surface area contributed by atoms with Crippen molar-refractivity contribution in [3.8, 4) is 11.5 Å². The van der Waals surface area contributed by atoms with Gasteiger partial charge in [0.1, 0.15) is 23.3 Å². The molecule has 2 aromatic carbocycles. The van der Waals surface area contributed by atoms with Crippen LogP contribution in [0.3, 0.4) is 0 Å². The number of carboxylic acid groups (broad SMARTS) is 1. The molecule has 4 nitrogen and oxygen atoms in total. The van der Waals surface area contributed by atoms with Crippen LogP contribution in [0.5, 0.6) is 11.5 Å². The normalized spacial score (nSPS) is 24.0. The molecule has 1 saturated carbocycles. The molecular weight excluding hydrogens is 347 g/mol. The molecule has 5 heteroatoms. The molecule has 1 N–H and O–H groups in total. The van der Waals surface area contributed by atoms with Crippen molar-refractivity contribution < 1.29 is 23.8 Å². The highest BCUT2D eigenvalue weighted by atomic mass is 19.1. The minimum Gasteiger partial charge on any atom is -0.492 e. The number of fused-ring (bicyclic) bond motifs is 2. The standard InChI is InChI=1S/C22H21FO4/c23-22(8-9-22)18-3-1-2-17-16(18)6-7-19(17)27-14-4-5-15-13(10-21(24)25)12-26-20(15)11-14/h1-5,11,13,19H,6-10,12H2,(H,24,25)/t13-,19-/m1/s1. The van der Waals surface area contributed by atoms with Crippen LogP contribution in [-0.2, 0) is 16.9 Å². The van der Waals surface area contributed by atoms with E-state index in [-0.39, 0.29) is 18.4 Å². The number of alkyl halides is 1. The monoisotopic (exact) mass is 368 g/mol. The van der Waals surface area contributed by atoms with Gasteiger partial charge >= 0.3 is 5.97 Å². The molecular formula is C22H21FO4. The van der Waals surface area contributed by atoms with Gasteiger partial charge in [-0.1, -0.05) is 24.3 Å². The Bertz CT molecular complexity index is 919. The van der Waals surface area contributed by atoms with Gasteiger partial charge in [-0.2, -0.15) is 0 Å². The molecule has 0 aromatic heterocycles. The summed E-state index contributed by atoms with van der Waals surface area (Å²) in [4.78, 5) is 11.0. The van der Waals surface area contributed by atoms with Gasteiger partial charge in [0.05, 0.1) is 13.0 Å². The van der Waals surface area contributed by atoms with E-state index >= 15 is 0 Å². The molecule has 2 aliphatic carbocycles. The molecule has 1 fully saturated rings. The predicted octanol–water partition coefficient (Wildman–Crippen LogP) is 4.66. The predicted molar refractivity (Wildman–Crippen MR) is 97.1 cm³/mol. The fraction of sp³-hybridized carbons (Fsp3) is 0.409. The topological polar surface area (TPSA) is 55.8 Å². The second kappa shape index (κ2) is 5.98. The van der Waals surface area contributed by atoms with Gasteiger partial charge in [-0.25, -0.2) is 4.39 Å². The largest absolute Gasteiger partial charge is 0.492 e. The van der Waals surface area contributed by atoms with E-state index < -0.39 is 11.6 Å². The second-order valence-corrected chi connectivity index (χ2v) is 7.79. The van der Waals surface area contributed by atoms with Crippen molar-refractivity contribution in [1.82, 2.24) is 0 Å². The number of benzene rings is 2. The Kier molecular flexibility index (Phi) is 3.67. The van der Waals surface area contributed by atoms with Gasteiger partial charge < -0.3 is 14.6 Å². The molecule has 3 aliphatic rings. The van der Waals surface area contributed by atoms with Crippen molar-refractivity contribution >= 4 is 5.97 Å². The Morgan fingerprint density at radius 3 is 2.89 bits per heavy atom. The number of halogens is 1. The number of hydrogen-bond donors (Lipinski definition) is 1. The van der Waals surface area contributed by atoms with E-state index in [0.717, 1.165) is 35.1 Å². The first-order valence-electron chi connectivity index (χ1n) is 9.50. The van der Waals surface area contributed by atoms with E-state index in [4.69, 9.17) is 14.6 Å². The molecule has 2 atom stereocenters. The highest BCUT2D eigenvalue weighted by Gasteiger charge is 2.47. The molecule has 0 saturated heterocycles. The van der Waals surface area contributed by atoms with E-state index in [2.05, 4.69) is 0 Å². The van der Waals surface area contributed by atoms with Crippen molar-refractivity contribution in [1.29, 1.82) is 0 Å². The Balaban J connectivity index is 1.37. The van der Waals surface area contributed by atoms with E-state index in [9.17, 15) is 9.18 Å². The lowest BCUT2D eigenvalue weighted by Gasteiger charge is -2.17. The van der Waals surface area contributed by atoms with Crippen molar-refractivity contribution in [2.75, 3.05) is 6.61 Å². The smallest absolute Gasteiger partial charge is 0.304 e. The maximum absolute atomic E-state index is 14.6. The van der Waals surface area contributed by atoms with Gasteiger partial charge in [0.15, 0.2) is 0 Å². The van der Waals surface area contributed by atoms with E-state index in [0.29, 0.717) is 30.9 Å². The summed E-state index contributed by atoms with van der Waals surface area (Å²) in [7, 11) is 0. The summed E-state index contributed by atoms with van der Waals surface area (Å²) in [6.45, 7) is 0.388. The maximum Gasteiger partial charge on any atom is 0.304 e. The first kappa shape index (κ1) is 16.6. The number of hydrogen-bond acceptors (Lipinski definition) is 3. The number of carbonyl (C=O) groups is 1. The SMILES string of the molecule is O=C(O)C[C@@H]1COc2cc(O[C@@H]3CCc4c3cccc4C3(F)CC3)ccc21. The number of rotatable bonds is 5. The Morgan fingerprint density at radius 1 is 1.26 bits per heavy atom. The van der Waals surface area contributed by atoms with Crippen LogP contribution in [0, 0.1) is 0 Å². The number of aliphatic carboxylic acids is 1. The minimum absolute atomic E-state index is 0.0664. The Labute approximate surface area is 156 Å². The second-order valence-electron chi connectivity index (χ2n) is 7.79. The third-order valence-corrected chi connectivity index (χ3v) is 5.95. The molecule has 1 aliphatic heterocycles. The molecule has 2 aromatic rings. The summed E-state index contributed by atoms with van der Waals surface area (Å²) in [6.07, 6.45) is 2.89. The Morgan fingerprint density at radius 2 is 2.11 bits per heavy atom. The molecule has 1 heterocycles. The third-order valence-electron chi connectivity index (χ3n) is 5.95. The number of carboxylic acids is 1. The van der Waals surface area contributed by atoms with Crippen molar-refractivity contribution in [2.24, 2.45) is 0 Å². The van der Waals surface area contributed by atoms with Crippen LogP contribution in [0.4, 0.5) is 4.39 Å².